The Morgan fingerprint density at radius 2 is 1.65 bits per heavy atom. The van der Waals surface area contributed by atoms with Crippen molar-refractivity contribution in [3.63, 3.8) is 0 Å². The van der Waals surface area contributed by atoms with Crippen LogP contribution in [0.2, 0.25) is 0 Å². The van der Waals surface area contributed by atoms with Crippen LogP contribution in [0.5, 0.6) is 5.75 Å². The first-order valence-electron chi connectivity index (χ1n) is 6.76. The van der Waals surface area contributed by atoms with Crippen LogP contribution in [0.25, 0.3) is 0 Å². The Kier molecular flexibility index (Phi) is 5.18. The van der Waals surface area contributed by atoms with Crippen LogP contribution in [0.3, 0.4) is 0 Å². The summed E-state index contributed by atoms with van der Waals surface area (Å²) in [6, 6.07) is 19.3. The Labute approximate surface area is 119 Å². The molecule has 1 unspecified atom stereocenters. The van der Waals surface area contributed by atoms with Gasteiger partial charge in [0.05, 0.1) is 13.0 Å². The van der Waals surface area contributed by atoms with Gasteiger partial charge in [0.15, 0.2) is 0 Å². The summed E-state index contributed by atoms with van der Waals surface area (Å²) in [5.74, 6) is 0.831. The molecule has 0 saturated heterocycles. The molecular weight excluding hydrogens is 250 g/mol. The second-order valence-electron chi connectivity index (χ2n) is 4.71. The average molecular weight is 269 g/mol. The largest absolute Gasteiger partial charge is 0.489 e. The summed E-state index contributed by atoms with van der Waals surface area (Å²) in [6.07, 6.45) is 0.343. The molecular formula is C17H19NO2. The van der Waals surface area contributed by atoms with E-state index < -0.39 is 0 Å². The van der Waals surface area contributed by atoms with E-state index in [2.05, 4.69) is 5.32 Å². The molecule has 0 heterocycles. The van der Waals surface area contributed by atoms with E-state index in [0.717, 1.165) is 11.3 Å². The number of hydrogen-bond donors (Lipinski definition) is 1. The number of rotatable bonds is 6. The number of carbonyl (C=O) groups excluding carboxylic acids is 1. The van der Waals surface area contributed by atoms with Crippen molar-refractivity contribution >= 4 is 5.91 Å². The summed E-state index contributed by atoms with van der Waals surface area (Å²) in [5, 5.41) is 2.89. The molecule has 0 spiro atoms. The highest BCUT2D eigenvalue weighted by molar-refractivity contribution is 5.78. The molecule has 0 aromatic heterocycles. The van der Waals surface area contributed by atoms with E-state index >= 15 is 0 Å². The first-order chi connectivity index (χ1) is 9.74. The predicted octanol–water partition coefficient (Wildman–Crippen LogP) is 2.81. The highest BCUT2D eigenvalue weighted by Gasteiger charge is 2.07. The third kappa shape index (κ3) is 4.76. The number of benzene rings is 2. The Morgan fingerprint density at radius 1 is 1.05 bits per heavy atom. The molecule has 0 saturated carbocycles. The highest BCUT2D eigenvalue weighted by atomic mass is 16.5. The maximum atomic E-state index is 11.8. The van der Waals surface area contributed by atoms with Crippen molar-refractivity contribution < 1.29 is 9.53 Å². The molecule has 0 fully saturated rings. The monoisotopic (exact) mass is 269 g/mol. The number of amides is 1. The summed E-state index contributed by atoms with van der Waals surface area (Å²) >= 11 is 0. The molecule has 2 rings (SSSR count). The van der Waals surface area contributed by atoms with Crippen molar-refractivity contribution in [3.8, 4) is 5.75 Å². The zero-order valence-corrected chi connectivity index (χ0v) is 11.6. The zero-order chi connectivity index (χ0) is 14.2. The van der Waals surface area contributed by atoms with Gasteiger partial charge in [-0.15, -0.1) is 0 Å². The highest BCUT2D eigenvalue weighted by Crippen LogP contribution is 2.10. The van der Waals surface area contributed by atoms with Crippen molar-refractivity contribution in [3.05, 3.63) is 66.2 Å². The molecule has 20 heavy (non-hydrogen) atoms. The Balaban J connectivity index is 1.73. The first-order valence-corrected chi connectivity index (χ1v) is 6.76. The molecule has 0 aliphatic carbocycles. The van der Waals surface area contributed by atoms with Gasteiger partial charge in [0.25, 0.3) is 0 Å². The van der Waals surface area contributed by atoms with Crippen molar-refractivity contribution in [2.45, 2.75) is 19.4 Å². The predicted molar refractivity (Wildman–Crippen MR) is 79.7 cm³/mol. The number of para-hydroxylation sites is 1. The number of hydrogen-bond acceptors (Lipinski definition) is 2. The first kappa shape index (κ1) is 14.1. The van der Waals surface area contributed by atoms with E-state index in [1.54, 1.807) is 0 Å². The van der Waals surface area contributed by atoms with Gasteiger partial charge in [-0.3, -0.25) is 4.79 Å². The van der Waals surface area contributed by atoms with Crippen LogP contribution in [-0.4, -0.2) is 18.6 Å². The van der Waals surface area contributed by atoms with Gasteiger partial charge in [-0.2, -0.15) is 0 Å². The van der Waals surface area contributed by atoms with Gasteiger partial charge in [-0.1, -0.05) is 48.5 Å². The summed E-state index contributed by atoms with van der Waals surface area (Å²) in [4.78, 5) is 11.8. The molecule has 1 atom stereocenters. The molecule has 3 nitrogen and oxygen atoms in total. The van der Waals surface area contributed by atoms with E-state index in [1.165, 1.54) is 0 Å². The maximum Gasteiger partial charge on any atom is 0.224 e. The summed E-state index contributed by atoms with van der Waals surface area (Å²) in [7, 11) is 0. The molecule has 0 bridgehead atoms. The van der Waals surface area contributed by atoms with Crippen LogP contribution in [-0.2, 0) is 11.2 Å². The zero-order valence-electron chi connectivity index (χ0n) is 11.6. The summed E-state index contributed by atoms with van der Waals surface area (Å²) in [6.45, 7) is 2.44. The van der Waals surface area contributed by atoms with Gasteiger partial charge in [-0.05, 0) is 24.6 Å². The molecule has 1 N–H and O–H groups in total. The standard InChI is InChI=1S/C17H19NO2/c1-14(20-16-10-6-3-7-11-16)13-18-17(19)12-15-8-4-2-5-9-15/h2-11,14H,12-13H2,1H3,(H,18,19). The number of carbonyl (C=O) groups is 1. The normalized spacial score (nSPS) is 11.7. The molecule has 0 aliphatic rings. The number of ether oxygens (including phenoxy) is 1. The van der Waals surface area contributed by atoms with Crippen molar-refractivity contribution in [1.29, 1.82) is 0 Å². The fraction of sp³-hybridized carbons (Fsp3) is 0.235. The molecule has 1 amide bonds. The van der Waals surface area contributed by atoms with Crippen LogP contribution in [0.1, 0.15) is 12.5 Å². The Morgan fingerprint density at radius 3 is 2.30 bits per heavy atom. The third-order valence-corrected chi connectivity index (χ3v) is 2.87. The van der Waals surface area contributed by atoms with Crippen LogP contribution >= 0.6 is 0 Å². The van der Waals surface area contributed by atoms with Crippen LogP contribution < -0.4 is 10.1 Å². The Hall–Kier alpha value is -2.29. The average Bonchev–Trinajstić information content (AvgIpc) is 2.47. The lowest BCUT2D eigenvalue weighted by Crippen LogP contribution is -2.34. The molecule has 2 aromatic rings. The Bertz CT molecular complexity index is 525. The molecule has 0 aliphatic heterocycles. The van der Waals surface area contributed by atoms with Crippen LogP contribution in [0.15, 0.2) is 60.7 Å². The minimum atomic E-state index is -0.0582. The quantitative estimate of drug-likeness (QED) is 0.875. The number of nitrogens with one attached hydrogen (secondary N) is 1. The van der Waals surface area contributed by atoms with E-state index in [0.29, 0.717) is 13.0 Å². The van der Waals surface area contributed by atoms with E-state index in [4.69, 9.17) is 4.74 Å². The van der Waals surface area contributed by atoms with Gasteiger partial charge >= 0.3 is 0 Å². The molecule has 104 valence electrons. The molecule has 0 radical (unpaired) electrons. The van der Waals surface area contributed by atoms with E-state index in [-0.39, 0.29) is 12.0 Å². The SMILES string of the molecule is CC(CNC(=O)Cc1ccccc1)Oc1ccccc1. The maximum absolute atomic E-state index is 11.8. The summed E-state index contributed by atoms with van der Waals surface area (Å²) < 4.78 is 5.70. The van der Waals surface area contributed by atoms with Crippen molar-refractivity contribution in [2.24, 2.45) is 0 Å². The van der Waals surface area contributed by atoms with Gasteiger partial charge in [0.1, 0.15) is 11.9 Å². The van der Waals surface area contributed by atoms with Crippen LogP contribution in [0, 0.1) is 0 Å². The van der Waals surface area contributed by atoms with Crippen LogP contribution in [0.4, 0.5) is 0 Å². The molecule has 2 aromatic carbocycles. The lowest BCUT2D eigenvalue weighted by atomic mass is 10.1. The van der Waals surface area contributed by atoms with Gasteiger partial charge in [0.2, 0.25) is 5.91 Å². The fourth-order valence-corrected chi connectivity index (χ4v) is 1.87. The fourth-order valence-electron chi connectivity index (χ4n) is 1.87. The lowest BCUT2D eigenvalue weighted by molar-refractivity contribution is -0.120. The van der Waals surface area contributed by atoms with Gasteiger partial charge in [-0.25, -0.2) is 0 Å². The third-order valence-electron chi connectivity index (χ3n) is 2.87. The topological polar surface area (TPSA) is 38.3 Å². The van der Waals surface area contributed by atoms with Gasteiger partial charge < -0.3 is 10.1 Å². The molecule has 3 heteroatoms. The van der Waals surface area contributed by atoms with Crippen molar-refractivity contribution in [1.82, 2.24) is 5.32 Å². The summed E-state index contributed by atoms with van der Waals surface area (Å²) in [5.41, 5.74) is 1.02. The minimum Gasteiger partial charge on any atom is -0.489 e. The smallest absolute Gasteiger partial charge is 0.224 e. The van der Waals surface area contributed by atoms with Gasteiger partial charge in [0, 0.05) is 0 Å². The minimum absolute atomic E-state index is 0.0136. The van der Waals surface area contributed by atoms with E-state index in [9.17, 15) is 4.79 Å². The van der Waals surface area contributed by atoms with Crippen molar-refractivity contribution in [2.75, 3.05) is 6.54 Å². The second-order valence-corrected chi connectivity index (χ2v) is 4.71. The second kappa shape index (κ2) is 7.34. The lowest BCUT2D eigenvalue weighted by Gasteiger charge is -2.15. The van der Waals surface area contributed by atoms with E-state index in [1.807, 2.05) is 67.6 Å².